The Morgan fingerprint density at radius 2 is 0.939 bits per heavy atom. The van der Waals surface area contributed by atoms with E-state index in [1.807, 2.05) is 0 Å². The van der Waals surface area contributed by atoms with Crippen LogP contribution in [0.2, 0.25) is 0 Å². The lowest BCUT2D eigenvalue weighted by Gasteiger charge is -2.29. The zero-order valence-electron chi connectivity index (χ0n) is 27.8. The van der Waals surface area contributed by atoms with E-state index < -0.39 is 0 Å². The summed E-state index contributed by atoms with van der Waals surface area (Å²) in [6.07, 6.45) is 0. The molecule has 0 saturated heterocycles. The monoisotopic (exact) mass is 626 g/mol. The van der Waals surface area contributed by atoms with Gasteiger partial charge >= 0.3 is 0 Å². The van der Waals surface area contributed by atoms with Crippen LogP contribution >= 0.6 is 0 Å². The lowest BCUT2D eigenvalue weighted by molar-refractivity contribution is 1.19. The molecule has 0 aliphatic heterocycles. The average Bonchev–Trinajstić information content (AvgIpc) is 3.45. The molecule has 10 rings (SSSR count). The standard InChI is InChI=1S/C47H34N2/c1-29-20-30(2)22-38(21-29)48(45-13-7-4-10-31(45)3)36-18-16-32-25-41-43(27-34(32)23-36)42-26-33-17-19-37(24-35(33)28-44(41)42)49-46-14-8-5-11-39(46)40-12-6-9-15-47(40)49/h4-28H,1-3H3. The molecule has 0 saturated carbocycles. The summed E-state index contributed by atoms with van der Waals surface area (Å²) in [4.78, 5) is 2.41. The summed E-state index contributed by atoms with van der Waals surface area (Å²) in [5.74, 6) is 0. The molecule has 8 aromatic carbocycles. The Hall–Kier alpha value is -6.12. The fraction of sp³-hybridized carbons (Fsp3) is 0.0638. The van der Waals surface area contributed by atoms with Crippen molar-refractivity contribution < 1.29 is 0 Å². The third kappa shape index (κ3) is 4.27. The zero-order valence-corrected chi connectivity index (χ0v) is 27.8. The Labute approximate surface area is 286 Å². The molecule has 0 fully saturated rings. The van der Waals surface area contributed by atoms with Gasteiger partial charge in [0.1, 0.15) is 0 Å². The van der Waals surface area contributed by atoms with Gasteiger partial charge in [0.15, 0.2) is 0 Å². The van der Waals surface area contributed by atoms with E-state index in [2.05, 4.69) is 182 Å². The number of nitrogens with zero attached hydrogens (tertiary/aromatic N) is 2. The number of aryl methyl sites for hydroxylation is 3. The largest absolute Gasteiger partial charge is 0.310 e. The van der Waals surface area contributed by atoms with Gasteiger partial charge in [-0.05, 0) is 160 Å². The van der Waals surface area contributed by atoms with Crippen molar-refractivity contribution >= 4 is 60.4 Å². The number of benzene rings is 8. The summed E-state index contributed by atoms with van der Waals surface area (Å²) in [7, 11) is 0. The van der Waals surface area contributed by atoms with Gasteiger partial charge in [-0.2, -0.15) is 0 Å². The van der Waals surface area contributed by atoms with Crippen LogP contribution in [0.1, 0.15) is 16.7 Å². The molecule has 0 atom stereocenters. The van der Waals surface area contributed by atoms with Crippen molar-refractivity contribution in [2.24, 2.45) is 0 Å². The minimum absolute atomic E-state index is 1.17. The third-order valence-electron chi connectivity index (χ3n) is 10.4. The van der Waals surface area contributed by atoms with E-state index in [1.54, 1.807) is 0 Å². The Kier molecular flexibility index (Phi) is 5.95. The van der Waals surface area contributed by atoms with Crippen molar-refractivity contribution in [2.45, 2.75) is 20.8 Å². The molecule has 1 heterocycles. The van der Waals surface area contributed by atoms with Gasteiger partial charge in [-0.3, -0.25) is 0 Å². The smallest absolute Gasteiger partial charge is 0.0541 e. The molecule has 2 nitrogen and oxygen atoms in total. The van der Waals surface area contributed by atoms with Crippen molar-refractivity contribution in [1.82, 2.24) is 4.57 Å². The van der Waals surface area contributed by atoms with Crippen LogP contribution in [0.25, 0.3) is 71.3 Å². The Balaban J connectivity index is 1.08. The second kappa shape index (κ2) is 10.4. The molecule has 2 heteroatoms. The second-order valence-electron chi connectivity index (χ2n) is 13.7. The first-order valence-electron chi connectivity index (χ1n) is 17.1. The highest BCUT2D eigenvalue weighted by atomic mass is 15.1. The summed E-state index contributed by atoms with van der Waals surface area (Å²) in [6, 6.07) is 56.3. The summed E-state index contributed by atoms with van der Waals surface area (Å²) in [5, 5.41) is 7.62. The topological polar surface area (TPSA) is 8.17 Å². The minimum atomic E-state index is 1.17. The molecule has 9 aromatic rings. The van der Waals surface area contributed by atoms with Crippen LogP contribution in [0.5, 0.6) is 0 Å². The van der Waals surface area contributed by atoms with Gasteiger partial charge in [0, 0.05) is 33.5 Å². The molecule has 0 amide bonds. The predicted octanol–water partition coefficient (Wildman–Crippen LogP) is 13.1. The Bertz CT molecular complexity index is 2740. The van der Waals surface area contributed by atoms with E-state index in [9.17, 15) is 0 Å². The molecule has 49 heavy (non-hydrogen) atoms. The molecule has 0 spiro atoms. The molecule has 1 aliphatic rings. The normalized spacial score (nSPS) is 12.0. The van der Waals surface area contributed by atoms with Crippen molar-refractivity contribution in [3.8, 4) is 27.9 Å². The molecule has 232 valence electrons. The van der Waals surface area contributed by atoms with E-state index in [0.29, 0.717) is 0 Å². The minimum Gasteiger partial charge on any atom is -0.310 e. The van der Waals surface area contributed by atoms with Gasteiger partial charge in [-0.15, -0.1) is 0 Å². The Morgan fingerprint density at radius 3 is 1.57 bits per heavy atom. The van der Waals surface area contributed by atoms with Crippen LogP contribution in [0, 0.1) is 20.8 Å². The van der Waals surface area contributed by atoms with Crippen LogP contribution in [0.3, 0.4) is 0 Å². The van der Waals surface area contributed by atoms with E-state index in [4.69, 9.17) is 0 Å². The number of hydrogen-bond donors (Lipinski definition) is 0. The van der Waals surface area contributed by atoms with E-state index in [1.165, 1.54) is 105 Å². The van der Waals surface area contributed by atoms with Crippen LogP contribution in [-0.4, -0.2) is 4.57 Å². The highest BCUT2D eigenvalue weighted by Gasteiger charge is 2.25. The molecule has 1 aliphatic carbocycles. The van der Waals surface area contributed by atoms with Crippen molar-refractivity contribution in [2.75, 3.05) is 4.90 Å². The van der Waals surface area contributed by atoms with Gasteiger partial charge in [-0.1, -0.05) is 72.8 Å². The van der Waals surface area contributed by atoms with Crippen LogP contribution in [-0.2, 0) is 0 Å². The molecular weight excluding hydrogens is 593 g/mol. The summed E-state index contributed by atoms with van der Waals surface area (Å²) >= 11 is 0. The fourth-order valence-corrected chi connectivity index (χ4v) is 8.20. The average molecular weight is 627 g/mol. The van der Waals surface area contributed by atoms with Crippen LogP contribution in [0.15, 0.2) is 152 Å². The molecule has 0 radical (unpaired) electrons. The first kappa shape index (κ1) is 27.9. The van der Waals surface area contributed by atoms with Crippen molar-refractivity contribution in [1.29, 1.82) is 0 Å². The predicted molar refractivity (Wildman–Crippen MR) is 209 cm³/mol. The molecule has 0 bridgehead atoms. The number of rotatable bonds is 4. The van der Waals surface area contributed by atoms with Gasteiger partial charge in [0.05, 0.1) is 11.0 Å². The fourth-order valence-electron chi connectivity index (χ4n) is 8.20. The zero-order chi connectivity index (χ0) is 32.8. The maximum atomic E-state index is 2.41. The first-order valence-corrected chi connectivity index (χ1v) is 17.1. The third-order valence-corrected chi connectivity index (χ3v) is 10.4. The van der Waals surface area contributed by atoms with Gasteiger partial charge in [-0.25, -0.2) is 0 Å². The van der Waals surface area contributed by atoms with Crippen molar-refractivity contribution in [3.05, 3.63) is 168 Å². The summed E-state index contributed by atoms with van der Waals surface area (Å²) in [6.45, 7) is 6.56. The lowest BCUT2D eigenvalue weighted by atomic mass is 9.78. The number of anilines is 3. The van der Waals surface area contributed by atoms with E-state index in [-0.39, 0.29) is 0 Å². The highest BCUT2D eigenvalue weighted by molar-refractivity contribution is 6.13. The number of aromatic nitrogens is 1. The van der Waals surface area contributed by atoms with Gasteiger partial charge < -0.3 is 9.47 Å². The quantitative estimate of drug-likeness (QED) is 0.189. The molecule has 1 aromatic heterocycles. The Morgan fingerprint density at radius 1 is 0.408 bits per heavy atom. The van der Waals surface area contributed by atoms with Gasteiger partial charge in [0.25, 0.3) is 0 Å². The molecular formula is C47H34N2. The van der Waals surface area contributed by atoms with E-state index in [0.717, 1.165) is 0 Å². The summed E-state index contributed by atoms with van der Waals surface area (Å²) < 4.78 is 2.40. The molecule has 0 unspecified atom stereocenters. The maximum absolute atomic E-state index is 2.41. The summed E-state index contributed by atoms with van der Waals surface area (Å²) in [5.41, 5.74) is 16.4. The molecule has 0 N–H and O–H groups in total. The van der Waals surface area contributed by atoms with Crippen LogP contribution < -0.4 is 4.90 Å². The first-order chi connectivity index (χ1) is 24.0. The number of hydrogen-bond acceptors (Lipinski definition) is 1. The number of para-hydroxylation sites is 3. The lowest BCUT2D eigenvalue weighted by Crippen LogP contribution is -2.11. The van der Waals surface area contributed by atoms with Crippen LogP contribution in [0.4, 0.5) is 17.1 Å². The highest BCUT2D eigenvalue weighted by Crippen LogP contribution is 2.51. The van der Waals surface area contributed by atoms with E-state index >= 15 is 0 Å². The van der Waals surface area contributed by atoms with Crippen molar-refractivity contribution in [3.63, 3.8) is 0 Å². The number of fused-ring (bicyclic) bond motifs is 9. The van der Waals surface area contributed by atoms with Gasteiger partial charge in [0.2, 0.25) is 0 Å². The second-order valence-corrected chi connectivity index (χ2v) is 13.7. The SMILES string of the molecule is Cc1cc(C)cc(N(c2ccc3cc4c(cc3c2)-c2cc3ccc(-n5c6ccccc6c6ccccc65)cc3cc2-4)c2ccccc2C)c1. The maximum Gasteiger partial charge on any atom is 0.0541 e.